The van der Waals surface area contributed by atoms with Crippen LogP contribution in [-0.2, 0) is 0 Å². The summed E-state index contributed by atoms with van der Waals surface area (Å²) in [5, 5.41) is 9.54. The summed E-state index contributed by atoms with van der Waals surface area (Å²) in [6.07, 6.45) is 0. The lowest BCUT2D eigenvalue weighted by Gasteiger charge is -2.09. The molecule has 0 fully saturated rings. The van der Waals surface area contributed by atoms with Crippen molar-refractivity contribution in [1.82, 2.24) is 4.98 Å². The van der Waals surface area contributed by atoms with Gasteiger partial charge >= 0.3 is 5.97 Å². The second kappa shape index (κ2) is 5.16. The van der Waals surface area contributed by atoms with Crippen molar-refractivity contribution in [3.05, 3.63) is 41.0 Å². The second-order valence-electron chi connectivity index (χ2n) is 3.79. The number of nitrogen functional groups attached to an aromatic ring is 1. The number of ether oxygens (including phenoxy) is 1. The monoisotopic (exact) mass is 278 g/mol. The highest BCUT2D eigenvalue weighted by Gasteiger charge is 2.15. The van der Waals surface area contributed by atoms with E-state index >= 15 is 0 Å². The fourth-order valence-corrected chi connectivity index (χ4v) is 1.96. The number of carbonyl (C=O) groups is 1. The van der Waals surface area contributed by atoms with Gasteiger partial charge in [-0.1, -0.05) is 17.7 Å². The number of pyridine rings is 1. The van der Waals surface area contributed by atoms with Gasteiger partial charge in [0, 0.05) is 5.56 Å². The summed E-state index contributed by atoms with van der Waals surface area (Å²) in [5.74, 6) is -0.472. The van der Waals surface area contributed by atoms with Gasteiger partial charge in [0.1, 0.15) is 11.6 Å². The first-order valence-electron chi connectivity index (χ1n) is 5.36. The van der Waals surface area contributed by atoms with Crippen LogP contribution < -0.4 is 10.5 Å². The zero-order valence-electron chi connectivity index (χ0n) is 10.1. The fourth-order valence-electron chi connectivity index (χ4n) is 1.70. The molecule has 0 saturated carbocycles. The van der Waals surface area contributed by atoms with E-state index in [1.54, 1.807) is 30.3 Å². The molecule has 1 aromatic carbocycles. The van der Waals surface area contributed by atoms with Gasteiger partial charge in [-0.05, 0) is 29.8 Å². The standard InChI is InChI=1S/C13H11ClN2O3/c1-19-10-4-2-7(6-9(10)14)8-3-5-11(15)16-12(8)13(17)18/h2-6H,1H3,(H2,15,16)(H,17,18). The van der Waals surface area contributed by atoms with Crippen LogP contribution in [0.2, 0.25) is 5.02 Å². The number of benzene rings is 1. The minimum absolute atomic E-state index is 0.110. The third-order valence-corrected chi connectivity index (χ3v) is 2.88. The molecule has 6 heteroatoms. The average molecular weight is 279 g/mol. The molecule has 0 unspecified atom stereocenters. The maximum absolute atomic E-state index is 11.2. The van der Waals surface area contributed by atoms with Gasteiger partial charge < -0.3 is 15.6 Å². The van der Waals surface area contributed by atoms with Crippen molar-refractivity contribution < 1.29 is 14.6 Å². The molecule has 0 atom stereocenters. The number of carboxylic acid groups (broad SMARTS) is 1. The van der Waals surface area contributed by atoms with Crippen LogP contribution in [0.15, 0.2) is 30.3 Å². The van der Waals surface area contributed by atoms with Crippen LogP contribution in [0, 0.1) is 0 Å². The van der Waals surface area contributed by atoms with Crippen LogP contribution >= 0.6 is 11.6 Å². The number of hydrogen-bond acceptors (Lipinski definition) is 4. The number of halogens is 1. The Morgan fingerprint density at radius 3 is 2.68 bits per heavy atom. The number of aromatic nitrogens is 1. The molecule has 1 aromatic heterocycles. The highest BCUT2D eigenvalue weighted by atomic mass is 35.5. The summed E-state index contributed by atoms with van der Waals surface area (Å²) in [6, 6.07) is 8.15. The molecule has 0 amide bonds. The number of hydrogen-bond donors (Lipinski definition) is 2. The van der Waals surface area contributed by atoms with Crippen molar-refractivity contribution >= 4 is 23.4 Å². The Kier molecular flexibility index (Phi) is 3.57. The molecule has 1 heterocycles. The van der Waals surface area contributed by atoms with Crippen molar-refractivity contribution in [2.75, 3.05) is 12.8 Å². The summed E-state index contributed by atoms with van der Waals surface area (Å²) < 4.78 is 5.05. The molecule has 5 nitrogen and oxygen atoms in total. The average Bonchev–Trinajstić information content (AvgIpc) is 2.38. The van der Waals surface area contributed by atoms with E-state index in [9.17, 15) is 4.79 Å². The van der Waals surface area contributed by atoms with E-state index < -0.39 is 5.97 Å². The molecule has 0 saturated heterocycles. The normalized spacial score (nSPS) is 10.2. The van der Waals surface area contributed by atoms with Crippen LogP contribution in [-0.4, -0.2) is 23.2 Å². The molecule has 0 aliphatic heterocycles. The fraction of sp³-hybridized carbons (Fsp3) is 0.0769. The van der Waals surface area contributed by atoms with E-state index in [4.69, 9.17) is 27.2 Å². The summed E-state index contributed by atoms with van der Waals surface area (Å²) >= 11 is 6.03. The lowest BCUT2D eigenvalue weighted by Crippen LogP contribution is -2.05. The summed E-state index contributed by atoms with van der Waals surface area (Å²) in [4.78, 5) is 15.0. The number of carboxylic acids is 1. The van der Waals surface area contributed by atoms with Gasteiger partial charge in [-0.15, -0.1) is 0 Å². The van der Waals surface area contributed by atoms with Crippen LogP contribution in [0.3, 0.4) is 0 Å². The molecular weight excluding hydrogens is 268 g/mol. The quantitative estimate of drug-likeness (QED) is 0.901. The van der Waals surface area contributed by atoms with Crippen molar-refractivity contribution in [3.8, 4) is 16.9 Å². The maximum Gasteiger partial charge on any atom is 0.355 e. The lowest BCUT2D eigenvalue weighted by atomic mass is 10.0. The first kappa shape index (κ1) is 13.2. The Morgan fingerprint density at radius 1 is 1.37 bits per heavy atom. The van der Waals surface area contributed by atoms with Gasteiger partial charge in [-0.3, -0.25) is 0 Å². The molecule has 2 aromatic rings. The van der Waals surface area contributed by atoms with E-state index in [0.717, 1.165) is 0 Å². The third-order valence-electron chi connectivity index (χ3n) is 2.58. The predicted octanol–water partition coefficient (Wildman–Crippen LogP) is 2.69. The molecule has 0 radical (unpaired) electrons. The third kappa shape index (κ3) is 2.61. The molecule has 0 bridgehead atoms. The molecule has 2 rings (SSSR count). The lowest BCUT2D eigenvalue weighted by molar-refractivity contribution is 0.0691. The molecule has 0 aliphatic rings. The first-order valence-corrected chi connectivity index (χ1v) is 5.74. The zero-order valence-corrected chi connectivity index (χ0v) is 10.8. The Hall–Kier alpha value is -2.27. The first-order chi connectivity index (χ1) is 9.02. The largest absolute Gasteiger partial charge is 0.495 e. The number of anilines is 1. The van der Waals surface area contributed by atoms with Gasteiger partial charge in [-0.2, -0.15) is 0 Å². The second-order valence-corrected chi connectivity index (χ2v) is 4.19. The van der Waals surface area contributed by atoms with Gasteiger partial charge in [0.05, 0.1) is 12.1 Å². The number of aromatic carboxylic acids is 1. The summed E-state index contributed by atoms with van der Waals surface area (Å²) in [5.41, 5.74) is 6.47. The highest BCUT2D eigenvalue weighted by Crippen LogP contribution is 2.31. The Bertz CT molecular complexity index is 644. The Labute approximate surface area is 114 Å². The molecule has 3 N–H and O–H groups in total. The van der Waals surface area contributed by atoms with Crippen molar-refractivity contribution in [2.45, 2.75) is 0 Å². The molecule has 98 valence electrons. The Morgan fingerprint density at radius 2 is 2.11 bits per heavy atom. The topological polar surface area (TPSA) is 85.4 Å². The number of methoxy groups -OCH3 is 1. The highest BCUT2D eigenvalue weighted by molar-refractivity contribution is 6.32. The molecular formula is C13H11ClN2O3. The van der Waals surface area contributed by atoms with Gasteiger partial charge in [0.25, 0.3) is 0 Å². The number of rotatable bonds is 3. The summed E-state index contributed by atoms with van der Waals surface area (Å²) in [7, 11) is 1.51. The predicted molar refractivity (Wildman–Crippen MR) is 72.6 cm³/mol. The SMILES string of the molecule is COc1ccc(-c2ccc(N)nc2C(=O)O)cc1Cl. The number of nitrogens with zero attached hydrogens (tertiary/aromatic N) is 1. The molecule has 0 spiro atoms. The van der Waals surface area contributed by atoms with Crippen molar-refractivity contribution in [3.63, 3.8) is 0 Å². The minimum atomic E-state index is -1.14. The molecule has 19 heavy (non-hydrogen) atoms. The van der Waals surface area contributed by atoms with Crippen LogP contribution in [0.25, 0.3) is 11.1 Å². The van der Waals surface area contributed by atoms with Gasteiger partial charge in [0.2, 0.25) is 0 Å². The van der Waals surface area contributed by atoms with Crippen LogP contribution in [0.5, 0.6) is 5.75 Å². The van der Waals surface area contributed by atoms with Crippen LogP contribution in [0.4, 0.5) is 5.82 Å². The summed E-state index contributed by atoms with van der Waals surface area (Å²) in [6.45, 7) is 0. The van der Waals surface area contributed by atoms with E-state index in [-0.39, 0.29) is 11.5 Å². The van der Waals surface area contributed by atoms with Gasteiger partial charge in [0.15, 0.2) is 5.69 Å². The molecule has 0 aliphatic carbocycles. The van der Waals surface area contributed by atoms with E-state index in [0.29, 0.717) is 21.9 Å². The van der Waals surface area contributed by atoms with Crippen molar-refractivity contribution in [1.29, 1.82) is 0 Å². The Balaban J connectivity index is 2.58. The van der Waals surface area contributed by atoms with E-state index in [2.05, 4.69) is 4.98 Å². The van der Waals surface area contributed by atoms with E-state index in [1.807, 2.05) is 0 Å². The smallest absolute Gasteiger partial charge is 0.355 e. The van der Waals surface area contributed by atoms with E-state index in [1.165, 1.54) is 7.11 Å². The number of nitrogens with two attached hydrogens (primary N) is 1. The minimum Gasteiger partial charge on any atom is -0.495 e. The van der Waals surface area contributed by atoms with Crippen LogP contribution in [0.1, 0.15) is 10.5 Å². The maximum atomic E-state index is 11.2. The zero-order chi connectivity index (χ0) is 14.0. The van der Waals surface area contributed by atoms with Gasteiger partial charge in [-0.25, -0.2) is 9.78 Å². The van der Waals surface area contributed by atoms with Crippen molar-refractivity contribution in [2.24, 2.45) is 0 Å².